The molecule has 0 N–H and O–H groups in total. The average Bonchev–Trinajstić information content (AvgIpc) is 3.95. The number of benzene rings is 12. The van der Waals surface area contributed by atoms with Crippen LogP contribution >= 0.6 is 0 Å². The molecule has 1 heterocycles. The Balaban J connectivity index is 1.01. The number of fused-ring (bicyclic) bond motifs is 10. The van der Waals surface area contributed by atoms with E-state index in [0.29, 0.717) is 0 Å². The van der Waals surface area contributed by atoms with Gasteiger partial charge in [-0.1, -0.05) is 224 Å². The zero-order chi connectivity index (χ0) is 46.9. The van der Waals surface area contributed by atoms with Crippen molar-refractivity contribution in [3.63, 3.8) is 0 Å². The van der Waals surface area contributed by atoms with Gasteiger partial charge in [-0.25, -0.2) is 0 Å². The van der Waals surface area contributed by atoms with Gasteiger partial charge in [0.25, 0.3) is 0 Å². The Hall–Kier alpha value is -9.24. The lowest BCUT2D eigenvalue weighted by Crippen LogP contribution is -2.28. The van der Waals surface area contributed by atoms with Crippen LogP contribution in [0.4, 0.5) is 17.1 Å². The number of hydrogen-bond acceptors (Lipinski definition) is 1. The maximum absolute atomic E-state index is 2.57. The minimum absolute atomic E-state index is 0.479. The van der Waals surface area contributed by atoms with Crippen molar-refractivity contribution in [2.24, 2.45) is 0 Å². The fraction of sp³-hybridized carbons (Fsp3) is 0.0145. The maximum Gasteiger partial charge on any atom is 0.0713 e. The van der Waals surface area contributed by atoms with Gasteiger partial charge < -0.3 is 9.47 Å². The lowest BCUT2D eigenvalue weighted by Gasteiger charge is -2.33. The van der Waals surface area contributed by atoms with E-state index in [9.17, 15) is 0 Å². The summed E-state index contributed by atoms with van der Waals surface area (Å²) in [7, 11) is 0. The minimum atomic E-state index is -0.479. The molecule has 1 aliphatic carbocycles. The Labute approximate surface area is 413 Å². The van der Waals surface area contributed by atoms with Crippen LogP contribution in [0.1, 0.15) is 22.3 Å². The second-order valence-corrected chi connectivity index (χ2v) is 18.7. The number of nitrogens with zero attached hydrogens (tertiary/aromatic N) is 2. The summed E-state index contributed by atoms with van der Waals surface area (Å²) in [5.41, 5.74) is 18.8. The highest BCUT2D eigenvalue weighted by atomic mass is 15.1. The molecule has 0 bridgehead atoms. The highest BCUT2D eigenvalue weighted by Gasteiger charge is 2.46. The summed E-state index contributed by atoms with van der Waals surface area (Å²) in [6.45, 7) is 0. The van der Waals surface area contributed by atoms with Crippen molar-refractivity contribution >= 4 is 60.4 Å². The van der Waals surface area contributed by atoms with Crippen LogP contribution < -0.4 is 4.90 Å². The second kappa shape index (κ2) is 16.5. The van der Waals surface area contributed by atoms with Crippen LogP contribution in [-0.4, -0.2) is 4.57 Å². The minimum Gasteiger partial charge on any atom is -0.311 e. The fourth-order valence-electron chi connectivity index (χ4n) is 12.1. The van der Waals surface area contributed by atoms with E-state index in [2.05, 4.69) is 289 Å². The standard InChI is InChI=1S/C69H46N2/c1-5-22-49(23-6-1)69(50-24-7-2-8-25-50)64-36-20-19-34-59(64)63-45-54(42-44-65(63)69)71-66-46-62(58-33-17-18-35-60(58)67(66)61-43-39-47-21-13-14-31-56(47)68(61)71)57-32-16-15-30-55(57)48-37-40-53(41-38-48)70(51-26-9-3-10-27-51)52-28-11-4-12-29-52/h1-46H. The predicted molar refractivity (Wildman–Crippen MR) is 299 cm³/mol. The monoisotopic (exact) mass is 902 g/mol. The molecule has 0 amide bonds. The molecule has 0 saturated heterocycles. The van der Waals surface area contributed by atoms with Crippen molar-refractivity contribution in [2.45, 2.75) is 5.41 Å². The number of anilines is 3. The number of para-hydroxylation sites is 2. The van der Waals surface area contributed by atoms with Crippen LogP contribution in [0, 0.1) is 0 Å². The number of rotatable bonds is 8. The van der Waals surface area contributed by atoms with Crippen LogP contribution in [0.15, 0.2) is 279 Å². The number of hydrogen-bond donors (Lipinski definition) is 0. The lowest BCUT2D eigenvalue weighted by atomic mass is 9.68. The van der Waals surface area contributed by atoms with Crippen molar-refractivity contribution in [1.82, 2.24) is 4.57 Å². The Morgan fingerprint density at radius 2 is 0.831 bits per heavy atom. The lowest BCUT2D eigenvalue weighted by molar-refractivity contribution is 0.768. The summed E-state index contributed by atoms with van der Waals surface area (Å²) < 4.78 is 2.57. The summed E-state index contributed by atoms with van der Waals surface area (Å²) in [6, 6.07) is 103. The zero-order valence-corrected chi connectivity index (χ0v) is 39.0. The molecule has 0 fully saturated rings. The van der Waals surface area contributed by atoms with Gasteiger partial charge in [-0.2, -0.15) is 0 Å². The van der Waals surface area contributed by atoms with Crippen molar-refractivity contribution in [2.75, 3.05) is 4.90 Å². The van der Waals surface area contributed by atoms with Gasteiger partial charge in [0.15, 0.2) is 0 Å². The van der Waals surface area contributed by atoms with Crippen LogP contribution in [0.5, 0.6) is 0 Å². The Morgan fingerprint density at radius 1 is 0.310 bits per heavy atom. The van der Waals surface area contributed by atoms with E-state index in [-0.39, 0.29) is 0 Å². The number of aromatic nitrogens is 1. The molecule has 0 saturated carbocycles. The average molecular weight is 903 g/mol. The summed E-state index contributed by atoms with van der Waals surface area (Å²) >= 11 is 0. The van der Waals surface area contributed by atoms with E-state index < -0.39 is 5.41 Å². The molecule has 332 valence electrons. The third-order valence-corrected chi connectivity index (χ3v) is 15.0. The van der Waals surface area contributed by atoms with Gasteiger partial charge in [0.2, 0.25) is 0 Å². The highest BCUT2D eigenvalue weighted by Crippen LogP contribution is 2.57. The van der Waals surface area contributed by atoms with Gasteiger partial charge in [-0.05, 0) is 126 Å². The summed E-state index contributed by atoms with van der Waals surface area (Å²) in [5.74, 6) is 0. The van der Waals surface area contributed by atoms with E-state index >= 15 is 0 Å². The molecule has 2 heteroatoms. The summed E-state index contributed by atoms with van der Waals surface area (Å²) in [5, 5.41) is 7.43. The molecule has 1 aromatic heterocycles. The third-order valence-electron chi connectivity index (χ3n) is 15.0. The Morgan fingerprint density at radius 3 is 1.51 bits per heavy atom. The first-order chi connectivity index (χ1) is 35.3. The van der Waals surface area contributed by atoms with E-state index in [1.807, 2.05) is 0 Å². The first-order valence-corrected chi connectivity index (χ1v) is 24.6. The third kappa shape index (κ3) is 6.28. The van der Waals surface area contributed by atoms with Gasteiger partial charge in [0.05, 0.1) is 16.4 Å². The summed E-state index contributed by atoms with van der Waals surface area (Å²) in [4.78, 5) is 2.32. The molecule has 12 aromatic carbocycles. The highest BCUT2D eigenvalue weighted by molar-refractivity contribution is 6.28. The van der Waals surface area contributed by atoms with Gasteiger partial charge in [-0.15, -0.1) is 0 Å². The normalized spacial score (nSPS) is 12.6. The molecule has 0 unspecified atom stereocenters. The zero-order valence-electron chi connectivity index (χ0n) is 39.0. The Bertz CT molecular complexity index is 4060. The SMILES string of the molecule is c1ccc(N(c2ccccc2)c2ccc(-c3ccccc3-c3cc4c(c5ccccc35)c3ccc5ccccc5c3n4-c3ccc4c(c3)-c3ccccc3C4(c3ccccc3)c3ccccc3)cc2)cc1. The van der Waals surface area contributed by atoms with Crippen LogP contribution in [0.25, 0.3) is 82.4 Å². The van der Waals surface area contributed by atoms with E-state index in [4.69, 9.17) is 0 Å². The van der Waals surface area contributed by atoms with Crippen molar-refractivity contribution in [3.05, 3.63) is 301 Å². The largest absolute Gasteiger partial charge is 0.311 e. The first kappa shape index (κ1) is 40.8. The molecule has 2 nitrogen and oxygen atoms in total. The Kier molecular flexibility index (Phi) is 9.47. The van der Waals surface area contributed by atoms with Gasteiger partial charge in [-0.3, -0.25) is 0 Å². The van der Waals surface area contributed by atoms with E-state index in [1.165, 1.54) is 99.0 Å². The molecular formula is C69H46N2. The fourth-order valence-corrected chi connectivity index (χ4v) is 12.1. The van der Waals surface area contributed by atoms with Crippen LogP contribution in [0.3, 0.4) is 0 Å². The van der Waals surface area contributed by atoms with E-state index in [1.54, 1.807) is 0 Å². The second-order valence-electron chi connectivity index (χ2n) is 18.7. The molecular weight excluding hydrogens is 857 g/mol. The van der Waals surface area contributed by atoms with E-state index in [0.717, 1.165) is 22.7 Å². The molecule has 0 atom stereocenters. The van der Waals surface area contributed by atoms with Crippen LogP contribution in [0.2, 0.25) is 0 Å². The molecule has 0 spiro atoms. The molecule has 1 aliphatic rings. The smallest absolute Gasteiger partial charge is 0.0713 e. The molecule has 13 aromatic rings. The van der Waals surface area contributed by atoms with Crippen molar-refractivity contribution in [1.29, 1.82) is 0 Å². The molecule has 0 radical (unpaired) electrons. The van der Waals surface area contributed by atoms with Gasteiger partial charge >= 0.3 is 0 Å². The molecule has 14 rings (SSSR count). The molecule has 71 heavy (non-hydrogen) atoms. The summed E-state index contributed by atoms with van der Waals surface area (Å²) in [6.07, 6.45) is 0. The van der Waals surface area contributed by atoms with Gasteiger partial charge in [0, 0.05) is 38.9 Å². The van der Waals surface area contributed by atoms with Crippen LogP contribution in [-0.2, 0) is 5.41 Å². The molecule has 0 aliphatic heterocycles. The maximum atomic E-state index is 2.57. The van der Waals surface area contributed by atoms with Gasteiger partial charge in [0.1, 0.15) is 0 Å². The quantitative estimate of drug-likeness (QED) is 0.147. The van der Waals surface area contributed by atoms with Crippen molar-refractivity contribution in [3.8, 4) is 39.1 Å². The van der Waals surface area contributed by atoms with Crippen molar-refractivity contribution < 1.29 is 0 Å². The topological polar surface area (TPSA) is 8.17 Å². The first-order valence-electron chi connectivity index (χ1n) is 24.6. The predicted octanol–water partition coefficient (Wildman–Crippen LogP) is 18.3.